The van der Waals surface area contributed by atoms with Crippen LogP contribution in [-0.4, -0.2) is 29.8 Å². The highest BCUT2D eigenvalue weighted by atomic mass is 16.5. The Kier molecular flexibility index (Phi) is 1.84. The lowest BCUT2D eigenvalue weighted by molar-refractivity contribution is 0.170. The lowest BCUT2D eigenvalue weighted by Gasteiger charge is -2.12. The second-order valence-electron chi connectivity index (χ2n) is 3.37. The van der Waals surface area contributed by atoms with E-state index in [1.165, 1.54) is 0 Å². The maximum atomic E-state index is 9.03. The largest absolute Gasteiger partial charge is 0.475 e. The number of furan rings is 1. The number of hydrogen-bond acceptors (Lipinski definition) is 4. The van der Waals surface area contributed by atoms with E-state index in [9.17, 15) is 0 Å². The molecule has 70 valence electrons. The highest BCUT2D eigenvalue weighted by Gasteiger charge is 2.31. The summed E-state index contributed by atoms with van der Waals surface area (Å²) < 4.78 is 10.2. The third-order valence-corrected chi connectivity index (χ3v) is 2.00. The first kappa shape index (κ1) is 8.31. The van der Waals surface area contributed by atoms with Crippen molar-refractivity contribution in [3.8, 4) is 0 Å². The maximum Gasteiger partial charge on any atom is 0.220 e. The predicted molar refractivity (Wildman–Crippen MR) is 46.7 cm³/mol. The Morgan fingerprint density at radius 2 is 2.54 bits per heavy atom. The first-order chi connectivity index (χ1) is 6.23. The first-order valence-corrected chi connectivity index (χ1v) is 4.10. The van der Waals surface area contributed by atoms with Gasteiger partial charge in [-0.25, -0.2) is 4.99 Å². The van der Waals surface area contributed by atoms with E-state index in [0.717, 1.165) is 5.56 Å². The van der Waals surface area contributed by atoms with E-state index in [1.54, 1.807) is 18.6 Å². The van der Waals surface area contributed by atoms with E-state index in [0.29, 0.717) is 12.5 Å². The van der Waals surface area contributed by atoms with Gasteiger partial charge in [-0.3, -0.25) is 0 Å². The minimum absolute atomic E-state index is 0.00560. The molecule has 1 aromatic rings. The highest BCUT2D eigenvalue weighted by Crippen LogP contribution is 2.20. The average molecular weight is 181 g/mol. The van der Waals surface area contributed by atoms with Crippen molar-refractivity contribution < 1.29 is 14.3 Å². The molecule has 4 heteroatoms. The fraction of sp³-hybridized carbons (Fsp3) is 0.444. The van der Waals surface area contributed by atoms with Crippen LogP contribution in [0.4, 0.5) is 0 Å². The summed E-state index contributed by atoms with van der Waals surface area (Å²) in [6, 6.07) is 1.78. The second kappa shape index (κ2) is 2.88. The smallest absolute Gasteiger partial charge is 0.220 e. The molecule has 0 saturated heterocycles. The molecule has 0 aromatic carbocycles. The van der Waals surface area contributed by atoms with Gasteiger partial charge in [0.05, 0.1) is 18.4 Å². The van der Waals surface area contributed by atoms with Crippen LogP contribution in [0.5, 0.6) is 0 Å². The van der Waals surface area contributed by atoms with Crippen molar-refractivity contribution in [3.05, 3.63) is 24.2 Å². The molecule has 0 saturated carbocycles. The van der Waals surface area contributed by atoms with Crippen molar-refractivity contribution in [1.29, 1.82) is 0 Å². The fourth-order valence-corrected chi connectivity index (χ4v) is 1.15. The quantitative estimate of drug-likeness (QED) is 0.734. The Morgan fingerprint density at radius 3 is 3.08 bits per heavy atom. The van der Waals surface area contributed by atoms with Crippen molar-refractivity contribution >= 4 is 5.90 Å². The predicted octanol–water partition coefficient (Wildman–Crippen LogP) is 0.807. The Morgan fingerprint density at radius 1 is 1.69 bits per heavy atom. The summed E-state index contributed by atoms with van der Waals surface area (Å²) >= 11 is 0. The van der Waals surface area contributed by atoms with Gasteiger partial charge in [0.1, 0.15) is 18.4 Å². The molecule has 1 atom stereocenters. The van der Waals surface area contributed by atoms with Crippen molar-refractivity contribution in [2.24, 2.45) is 4.99 Å². The van der Waals surface area contributed by atoms with Crippen LogP contribution in [-0.2, 0) is 4.74 Å². The molecular weight excluding hydrogens is 170 g/mol. The number of nitrogens with zero attached hydrogens (tertiary/aromatic N) is 1. The number of aliphatic hydroxyl groups excluding tert-OH is 1. The topological polar surface area (TPSA) is 55.0 Å². The summed E-state index contributed by atoms with van der Waals surface area (Å²) in [5.74, 6) is 0.547. The summed E-state index contributed by atoms with van der Waals surface area (Å²) in [7, 11) is 0. The molecule has 0 bridgehead atoms. The van der Waals surface area contributed by atoms with Gasteiger partial charge in [-0.2, -0.15) is 0 Å². The van der Waals surface area contributed by atoms with E-state index < -0.39 is 5.54 Å². The molecule has 0 amide bonds. The number of aliphatic imine (C=N–C) groups is 1. The summed E-state index contributed by atoms with van der Waals surface area (Å²) in [6.45, 7) is 2.26. The first-order valence-electron chi connectivity index (χ1n) is 4.10. The van der Waals surface area contributed by atoms with Crippen LogP contribution in [0, 0.1) is 0 Å². The van der Waals surface area contributed by atoms with E-state index in [4.69, 9.17) is 14.3 Å². The monoisotopic (exact) mass is 181 g/mol. The van der Waals surface area contributed by atoms with E-state index in [-0.39, 0.29) is 6.61 Å². The summed E-state index contributed by atoms with van der Waals surface area (Å²) in [6.07, 6.45) is 3.14. The zero-order chi connectivity index (χ0) is 9.31. The SMILES string of the molecule is CC1(CO)COC(c2ccoc2)=N1. The minimum Gasteiger partial charge on any atom is -0.475 e. The molecule has 2 rings (SSSR count). The van der Waals surface area contributed by atoms with Crippen molar-refractivity contribution in [2.75, 3.05) is 13.2 Å². The number of hydrogen-bond donors (Lipinski definition) is 1. The summed E-state index contributed by atoms with van der Waals surface area (Å²) in [5, 5.41) is 9.03. The number of rotatable bonds is 2. The van der Waals surface area contributed by atoms with Gasteiger partial charge in [-0.15, -0.1) is 0 Å². The van der Waals surface area contributed by atoms with Crippen molar-refractivity contribution in [3.63, 3.8) is 0 Å². The third kappa shape index (κ3) is 1.45. The van der Waals surface area contributed by atoms with Crippen LogP contribution in [0.25, 0.3) is 0 Å². The van der Waals surface area contributed by atoms with Gasteiger partial charge < -0.3 is 14.3 Å². The molecule has 1 aliphatic heterocycles. The van der Waals surface area contributed by atoms with Gasteiger partial charge in [0.2, 0.25) is 5.90 Å². The lowest BCUT2D eigenvalue weighted by atomic mass is 10.1. The summed E-state index contributed by atoms with van der Waals surface area (Å²) in [4.78, 5) is 4.27. The maximum absolute atomic E-state index is 9.03. The molecule has 0 fully saturated rings. The zero-order valence-corrected chi connectivity index (χ0v) is 7.36. The Labute approximate surface area is 75.8 Å². The molecule has 1 aromatic heterocycles. The molecule has 0 aliphatic carbocycles. The molecule has 2 heterocycles. The molecule has 1 N–H and O–H groups in total. The second-order valence-corrected chi connectivity index (χ2v) is 3.37. The summed E-state index contributed by atoms with van der Waals surface area (Å²) in [5.41, 5.74) is 0.323. The van der Waals surface area contributed by atoms with Crippen molar-refractivity contribution in [1.82, 2.24) is 0 Å². The van der Waals surface area contributed by atoms with Crippen molar-refractivity contribution in [2.45, 2.75) is 12.5 Å². The van der Waals surface area contributed by atoms with Gasteiger partial charge in [0.15, 0.2) is 0 Å². The van der Waals surface area contributed by atoms with E-state index in [2.05, 4.69) is 4.99 Å². The van der Waals surface area contributed by atoms with E-state index in [1.807, 2.05) is 6.92 Å². The molecule has 1 aliphatic rings. The van der Waals surface area contributed by atoms with Crippen LogP contribution >= 0.6 is 0 Å². The Balaban J connectivity index is 2.24. The Hall–Kier alpha value is -1.29. The van der Waals surface area contributed by atoms with E-state index >= 15 is 0 Å². The molecule has 13 heavy (non-hydrogen) atoms. The average Bonchev–Trinajstić information content (AvgIpc) is 2.73. The van der Waals surface area contributed by atoms with Crippen LogP contribution in [0.3, 0.4) is 0 Å². The zero-order valence-electron chi connectivity index (χ0n) is 7.36. The minimum atomic E-state index is -0.493. The van der Waals surface area contributed by atoms with Crippen LogP contribution in [0.1, 0.15) is 12.5 Å². The highest BCUT2D eigenvalue weighted by molar-refractivity contribution is 5.95. The standard InChI is InChI=1S/C9H11NO3/c1-9(5-11)6-13-8(10-9)7-2-3-12-4-7/h2-4,11H,5-6H2,1H3. The fourth-order valence-electron chi connectivity index (χ4n) is 1.15. The lowest BCUT2D eigenvalue weighted by Crippen LogP contribution is -2.28. The van der Waals surface area contributed by atoms with Crippen LogP contribution < -0.4 is 0 Å². The number of aliphatic hydroxyl groups is 1. The van der Waals surface area contributed by atoms with Gasteiger partial charge in [-0.1, -0.05) is 0 Å². The molecule has 1 unspecified atom stereocenters. The van der Waals surface area contributed by atoms with Gasteiger partial charge in [0.25, 0.3) is 0 Å². The molecule has 4 nitrogen and oxygen atoms in total. The van der Waals surface area contributed by atoms with Gasteiger partial charge >= 0.3 is 0 Å². The van der Waals surface area contributed by atoms with Gasteiger partial charge in [-0.05, 0) is 13.0 Å². The van der Waals surface area contributed by atoms with Crippen LogP contribution in [0.15, 0.2) is 28.0 Å². The third-order valence-electron chi connectivity index (χ3n) is 2.00. The molecule has 0 spiro atoms. The molecule has 0 radical (unpaired) electrons. The number of ether oxygens (including phenoxy) is 1. The Bertz CT molecular complexity index is 318. The van der Waals surface area contributed by atoms with Crippen LogP contribution in [0.2, 0.25) is 0 Å². The normalized spacial score (nSPS) is 27.1. The molecular formula is C9H11NO3. The van der Waals surface area contributed by atoms with Gasteiger partial charge in [0, 0.05) is 0 Å².